The SMILES string of the molecule is Cc1cccc(F)c1NC(C(=O)O)C(C)C. The van der Waals surface area contributed by atoms with Gasteiger partial charge in [-0.2, -0.15) is 0 Å². The molecule has 1 rings (SSSR count). The van der Waals surface area contributed by atoms with Crippen molar-refractivity contribution >= 4 is 11.7 Å². The largest absolute Gasteiger partial charge is 0.480 e. The molecule has 0 heterocycles. The van der Waals surface area contributed by atoms with E-state index in [1.54, 1.807) is 32.9 Å². The van der Waals surface area contributed by atoms with Gasteiger partial charge in [-0.15, -0.1) is 0 Å². The minimum absolute atomic E-state index is 0.114. The molecule has 1 atom stereocenters. The molecule has 1 aromatic rings. The van der Waals surface area contributed by atoms with E-state index in [-0.39, 0.29) is 11.6 Å². The predicted molar refractivity (Wildman–Crippen MR) is 61.0 cm³/mol. The number of aliphatic carboxylic acids is 1. The molecule has 0 aromatic heterocycles. The molecule has 2 N–H and O–H groups in total. The van der Waals surface area contributed by atoms with Gasteiger partial charge in [0.1, 0.15) is 11.9 Å². The molecule has 0 bridgehead atoms. The van der Waals surface area contributed by atoms with E-state index in [1.807, 2.05) is 0 Å². The number of anilines is 1. The highest BCUT2D eigenvalue weighted by Crippen LogP contribution is 2.21. The first-order valence-corrected chi connectivity index (χ1v) is 5.18. The molecule has 1 unspecified atom stereocenters. The Morgan fingerprint density at radius 1 is 1.44 bits per heavy atom. The molecule has 0 radical (unpaired) electrons. The normalized spacial score (nSPS) is 12.6. The Hall–Kier alpha value is -1.58. The molecule has 16 heavy (non-hydrogen) atoms. The van der Waals surface area contributed by atoms with Gasteiger partial charge in [-0.1, -0.05) is 26.0 Å². The van der Waals surface area contributed by atoms with Crippen molar-refractivity contribution in [3.05, 3.63) is 29.6 Å². The molecular weight excluding hydrogens is 209 g/mol. The van der Waals surface area contributed by atoms with Crippen molar-refractivity contribution in [1.29, 1.82) is 0 Å². The Morgan fingerprint density at radius 3 is 2.50 bits per heavy atom. The summed E-state index contributed by atoms with van der Waals surface area (Å²) in [6.07, 6.45) is 0. The van der Waals surface area contributed by atoms with Crippen LogP contribution in [0.3, 0.4) is 0 Å². The Balaban J connectivity index is 2.98. The van der Waals surface area contributed by atoms with Gasteiger partial charge < -0.3 is 10.4 Å². The summed E-state index contributed by atoms with van der Waals surface area (Å²) in [5.74, 6) is -1.51. The van der Waals surface area contributed by atoms with Gasteiger partial charge >= 0.3 is 5.97 Å². The second-order valence-corrected chi connectivity index (χ2v) is 4.14. The van der Waals surface area contributed by atoms with E-state index in [4.69, 9.17) is 5.11 Å². The lowest BCUT2D eigenvalue weighted by Gasteiger charge is -2.20. The summed E-state index contributed by atoms with van der Waals surface area (Å²) in [5, 5.41) is 11.7. The van der Waals surface area contributed by atoms with Crippen molar-refractivity contribution in [3.63, 3.8) is 0 Å². The van der Waals surface area contributed by atoms with Crippen LogP contribution in [0.5, 0.6) is 0 Å². The van der Waals surface area contributed by atoms with E-state index in [2.05, 4.69) is 5.32 Å². The molecule has 0 saturated carbocycles. The maximum atomic E-state index is 13.5. The van der Waals surface area contributed by atoms with Gasteiger partial charge in [-0.05, 0) is 24.5 Å². The van der Waals surface area contributed by atoms with Crippen molar-refractivity contribution in [2.75, 3.05) is 5.32 Å². The minimum atomic E-state index is -0.974. The zero-order chi connectivity index (χ0) is 12.3. The smallest absolute Gasteiger partial charge is 0.326 e. The van der Waals surface area contributed by atoms with E-state index < -0.39 is 17.8 Å². The van der Waals surface area contributed by atoms with Crippen molar-refractivity contribution in [2.24, 2.45) is 5.92 Å². The van der Waals surface area contributed by atoms with Crippen LogP contribution in [0.1, 0.15) is 19.4 Å². The number of halogens is 1. The van der Waals surface area contributed by atoms with Crippen molar-refractivity contribution < 1.29 is 14.3 Å². The number of carboxylic acid groups (broad SMARTS) is 1. The summed E-state index contributed by atoms with van der Waals surface area (Å²) in [6, 6.07) is 3.87. The van der Waals surface area contributed by atoms with E-state index in [9.17, 15) is 9.18 Å². The maximum absolute atomic E-state index is 13.5. The van der Waals surface area contributed by atoms with Crippen LogP contribution in [-0.4, -0.2) is 17.1 Å². The average molecular weight is 225 g/mol. The molecular formula is C12H16FNO2. The third kappa shape index (κ3) is 2.72. The lowest BCUT2D eigenvalue weighted by atomic mass is 10.0. The maximum Gasteiger partial charge on any atom is 0.326 e. The molecule has 88 valence electrons. The first-order chi connectivity index (χ1) is 7.43. The second-order valence-electron chi connectivity index (χ2n) is 4.14. The highest BCUT2D eigenvalue weighted by molar-refractivity contribution is 5.78. The Labute approximate surface area is 94.3 Å². The number of hydrogen-bond donors (Lipinski definition) is 2. The lowest BCUT2D eigenvalue weighted by Crippen LogP contribution is -2.34. The van der Waals surface area contributed by atoms with Gasteiger partial charge in [0.2, 0.25) is 0 Å². The Bertz CT molecular complexity index is 370. The number of aryl methyl sites for hydroxylation is 1. The average Bonchev–Trinajstić information content (AvgIpc) is 2.15. The zero-order valence-corrected chi connectivity index (χ0v) is 9.62. The fourth-order valence-corrected chi connectivity index (χ4v) is 1.48. The zero-order valence-electron chi connectivity index (χ0n) is 9.62. The van der Waals surface area contributed by atoms with Crippen LogP contribution in [0.15, 0.2) is 18.2 Å². The topological polar surface area (TPSA) is 49.3 Å². The number of carbonyl (C=O) groups is 1. The third-order valence-electron chi connectivity index (χ3n) is 2.45. The number of benzene rings is 1. The number of rotatable bonds is 4. The van der Waals surface area contributed by atoms with Crippen LogP contribution >= 0.6 is 0 Å². The van der Waals surface area contributed by atoms with Gasteiger partial charge in [0, 0.05) is 0 Å². The second kappa shape index (κ2) is 4.96. The molecule has 0 aliphatic heterocycles. The molecule has 4 heteroatoms. The van der Waals surface area contributed by atoms with Gasteiger partial charge in [0.25, 0.3) is 0 Å². The van der Waals surface area contributed by atoms with E-state index in [0.29, 0.717) is 5.56 Å². The predicted octanol–water partition coefficient (Wildman–Crippen LogP) is 2.66. The molecule has 0 amide bonds. The monoisotopic (exact) mass is 225 g/mol. The molecule has 1 aromatic carbocycles. The van der Waals surface area contributed by atoms with Gasteiger partial charge in [0.05, 0.1) is 5.69 Å². The van der Waals surface area contributed by atoms with Crippen LogP contribution in [-0.2, 0) is 4.79 Å². The Morgan fingerprint density at radius 2 is 2.06 bits per heavy atom. The highest BCUT2D eigenvalue weighted by Gasteiger charge is 2.22. The third-order valence-corrected chi connectivity index (χ3v) is 2.45. The first kappa shape index (κ1) is 12.5. The summed E-state index contributed by atoms with van der Waals surface area (Å²) < 4.78 is 13.5. The van der Waals surface area contributed by atoms with E-state index in [1.165, 1.54) is 6.07 Å². The molecule has 0 aliphatic rings. The quantitative estimate of drug-likeness (QED) is 0.828. The summed E-state index contributed by atoms with van der Waals surface area (Å²) in [4.78, 5) is 11.0. The minimum Gasteiger partial charge on any atom is -0.480 e. The van der Waals surface area contributed by atoms with Crippen LogP contribution < -0.4 is 5.32 Å². The summed E-state index contributed by atoms with van der Waals surface area (Å²) in [6.45, 7) is 5.30. The number of nitrogens with one attached hydrogen (secondary N) is 1. The number of carboxylic acids is 1. The number of hydrogen-bond acceptors (Lipinski definition) is 2. The van der Waals surface area contributed by atoms with Gasteiger partial charge in [-0.25, -0.2) is 9.18 Å². The van der Waals surface area contributed by atoms with Crippen LogP contribution in [0.4, 0.5) is 10.1 Å². The van der Waals surface area contributed by atoms with Gasteiger partial charge in [-0.3, -0.25) is 0 Å². The number of para-hydroxylation sites is 1. The van der Waals surface area contributed by atoms with Crippen molar-refractivity contribution in [1.82, 2.24) is 0 Å². The molecule has 3 nitrogen and oxygen atoms in total. The van der Waals surface area contributed by atoms with E-state index in [0.717, 1.165) is 0 Å². The fraction of sp³-hybridized carbons (Fsp3) is 0.417. The Kier molecular flexibility index (Phi) is 3.88. The fourth-order valence-electron chi connectivity index (χ4n) is 1.48. The summed E-state index contributed by atoms with van der Waals surface area (Å²) >= 11 is 0. The molecule has 0 fully saturated rings. The van der Waals surface area contributed by atoms with Crippen LogP contribution in [0.25, 0.3) is 0 Å². The van der Waals surface area contributed by atoms with E-state index >= 15 is 0 Å². The van der Waals surface area contributed by atoms with Crippen LogP contribution in [0.2, 0.25) is 0 Å². The van der Waals surface area contributed by atoms with Gasteiger partial charge in [0.15, 0.2) is 0 Å². The van der Waals surface area contributed by atoms with Crippen LogP contribution in [0, 0.1) is 18.7 Å². The first-order valence-electron chi connectivity index (χ1n) is 5.18. The summed E-state index contributed by atoms with van der Waals surface area (Å²) in [7, 11) is 0. The highest BCUT2D eigenvalue weighted by atomic mass is 19.1. The lowest BCUT2D eigenvalue weighted by molar-refractivity contribution is -0.138. The van der Waals surface area contributed by atoms with Crippen molar-refractivity contribution in [2.45, 2.75) is 26.8 Å². The van der Waals surface area contributed by atoms with Crippen molar-refractivity contribution in [3.8, 4) is 0 Å². The molecule has 0 aliphatic carbocycles. The molecule has 0 spiro atoms. The molecule has 0 saturated heterocycles. The standard InChI is InChI=1S/C12H16FNO2/c1-7(2)10(12(15)16)14-11-8(3)5-4-6-9(11)13/h4-7,10,14H,1-3H3,(H,15,16). The summed E-state index contributed by atoms with van der Waals surface area (Å²) in [5.41, 5.74) is 0.968.